The molecule has 2 aromatic heterocycles. The van der Waals surface area contributed by atoms with E-state index in [2.05, 4.69) is 15.1 Å². The van der Waals surface area contributed by atoms with E-state index in [1.54, 1.807) is 11.6 Å². The van der Waals surface area contributed by atoms with Gasteiger partial charge in [-0.15, -0.1) is 5.10 Å². The number of ether oxygens (including phenoxy) is 1. The molecule has 8 nitrogen and oxygen atoms in total. The molecule has 1 aliphatic heterocycles. The molecule has 1 saturated carbocycles. The summed E-state index contributed by atoms with van der Waals surface area (Å²) in [4.78, 5) is 23.6. The van der Waals surface area contributed by atoms with E-state index >= 15 is 0 Å². The van der Waals surface area contributed by atoms with Gasteiger partial charge in [-0.2, -0.15) is 4.98 Å². The van der Waals surface area contributed by atoms with Crippen molar-refractivity contribution in [2.45, 2.75) is 63.7 Å². The Bertz CT molecular complexity index is 851. The maximum atomic E-state index is 12.9. The number of carbonyl (C=O) groups excluding carboxylic acids is 1. The number of hydrogen-bond acceptors (Lipinski definition) is 6. The minimum atomic E-state index is -0.375. The highest BCUT2D eigenvalue weighted by molar-refractivity contribution is 5.79. The molecule has 1 N–H and O–H groups in total. The first-order valence-corrected chi connectivity index (χ1v) is 9.14. The smallest absolute Gasteiger partial charge is 0.252 e. The van der Waals surface area contributed by atoms with Crippen LogP contribution in [0.1, 0.15) is 42.9 Å². The molecule has 2 aromatic rings. The number of rotatable bonds is 3. The number of nitrogens with zero attached hydrogens (tertiary/aromatic N) is 5. The fraction of sp³-hybridized carbons (Fsp3) is 0.667. The molecular formula is C18H25N5O3. The largest absolute Gasteiger partial charge is 0.393 e. The van der Waals surface area contributed by atoms with Gasteiger partial charge in [0.1, 0.15) is 0 Å². The number of aryl methyl sites for hydroxylation is 2. The molecule has 0 aromatic carbocycles. The van der Waals surface area contributed by atoms with E-state index in [1.165, 1.54) is 0 Å². The predicted octanol–water partition coefficient (Wildman–Crippen LogP) is 0.815. The summed E-state index contributed by atoms with van der Waals surface area (Å²) in [6, 6.07) is 1.85. The molecule has 0 radical (unpaired) electrons. The van der Waals surface area contributed by atoms with Crippen LogP contribution in [0, 0.1) is 13.8 Å². The van der Waals surface area contributed by atoms with Crippen LogP contribution in [0.4, 0.5) is 0 Å². The summed E-state index contributed by atoms with van der Waals surface area (Å²) in [5, 5.41) is 14.5. The fourth-order valence-corrected chi connectivity index (χ4v) is 4.49. The fourth-order valence-electron chi connectivity index (χ4n) is 4.49. The van der Waals surface area contributed by atoms with E-state index in [0.29, 0.717) is 24.6 Å². The molecule has 26 heavy (non-hydrogen) atoms. The van der Waals surface area contributed by atoms with Crippen molar-refractivity contribution in [1.29, 1.82) is 0 Å². The predicted molar refractivity (Wildman–Crippen MR) is 93.7 cm³/mol. The van der Waals surface area contributed by atoms with Crippen LogP contribution < -0.4 is 0 Å². The van der Waals surface area contributed by atoms with Gasteiger partial charge in [0.15, 0.2) is 5.82 Å². The molecular weight excluding hydrogens is 334 g/mol. The molecule has 0 unspecified atom stereocenters. The third kappa shape index (κ3) is 2.77. The Hall–Kier alpha value is -2.06. The molecule has 1 amide bonds. The minimum absolute atomic E-state index is 0.0201. The number of aliphatic hydroxyl groups is 1. The Balaban J connectivity index is 1.56. The molecule has 2 fully saturated rings. The second-order valence-corrected chi connectivity index (χ2v) is 7.51. The minimum Gasteiger partial charge on any atom is -0.393 e. The van der Waals surface area contributed by atoms with Gasteiger partial charge >= 0.3 is 0 Å². The lowest BCUT2D eigenvalue weighted by atomic mass is 9.79. The van der Waals surface area contributed by atoms with Crippen LogP contribution in [-0.4, -0.2) is 66.9 Å². The van der Waals surface area contributed by atoms with Gasteiger partial charge < -0.3 is 14.7 Å². The van der Waals surface area contributed by atoms with Crippen LogP contribution in [0.25, 0.3) is 5.78 Å². The van der Waals surface area contributed by atoms with Gasteiger partial charge in [0.25, 0.3) is 5.78 Å². The Labute approximate surface area is 152 Å². The molecule has 1 aliphatic carbocycles. The van der Waals surface area contributed by atoms with Gasteiger partial charge in [0.05, 0.1) is 24.2 Å². The Morgan fingerprint density at radius 2 is 2.19 bits per heavy atom. The van der Waals surface area contributed by atoms with Gasteiger partial charge in [0, 0.05) is 25.0 Å². The number of hydrogen-bond donors (Lipinski definition) is 1. The first-order chi connectivity index (χ1) is 12.4. The number of fused-ring (bicyclic) bond motifs is 2. The summed E-state index contributed by atoms with van der Waals surface area (Å²) in [5.74, 6) is 0.974. The van der Waals surface area contributed by atoms with Gasteiger partial charge in [-0.3, -0.25) is 4.79 Å². The van der Waals surface area contributed by atoms with E-state index in [-0.39, 0.29) is 30.1 Å². The lowest BCUT2D eigenvalue weighted by Gasteiger charge is -2.42. The molecule has 140 valence electrons. The van der Waals surface area contributed by atoms with Crippen LogP contribution in [0.2, 0.25) is 0 Å². The molecule has 8 heteroatoms. The first-order valence-electron chi connectivity index (χ1n) is 9.14. The highest BCUT2D eigenvalue weighted by Gasteiger charge is 2.52. The van der Waals surface area contributed by atoms with Crippen LogP contribution in [0.3, 0.4) is 0 Å². The second-order valence-electron chi connectivity index (χ2n) is 7.51. The average Bonchev–Trinajstić information content (AvgIpc) is 3.16. The van der Waals surface area contributed by atoms with E-state index in [1.807, 2.05) is 24.8 Å². The van der Waals surface area contributed by atoms with Crippen molar-refractivity contribution >= 4 is 11.7 Å². The molecule has 4 rings (SSSR count). The Kier molecular flexibility index (Phi) is 4.19. The summed E-state index contributed by atoms with van der Waals surface area (Å²) in [6.07, 6.45) is 2.65. The van der Waals surface area contributed by atoms with Crippen LogP contribution >= 0.6 is 0 Å². The summed E-state index contributed by atoms with van der Waals surface area (Å²) >= 11 is 0. The van der Waals surface area contributed by atoms with Crippen LogP contribution in [0.15, 0.2) is 6.07 Å². The number of likely N-dealkylation sites (tertiary alicyclic amines) is 1. The normalized spacial score (nSPS) is 28.5. The van der Waals surface area contributed by atoms with Crippen molar-refractivity contribution in [3.63, 3.8) is 0 Å². The zero-order valence-corrected chi connectivity index (χ0v) is 15.5. The van der Waals surface area contributed by atoms with Gasteiger partial charge in [-0.25, -0.2) is 9.50 Å². The average molecular weight is 359 g/mol. The highest BCUT2D eigenvalue weighted by Crippen LogP contribution is 2.42. The number of methoxy groups -OCH3 is 1. The maximum Gasteiger partial charge on any atom is 0.252 e. The lowest BCUT2D eigenvalue weighted by Crippen LogP contribution is -2.53. The third-order valence-electron chi connectivity index (χ3n) is 5.85. The SMILES string of the molecule is CO[C@@]12CC[C@@H](O)C[C@@H]1N(C(=O)Cc1nc3nc(C)cc(C)n3n1)CC2. The van der Waals surface area contributed by atoms with Gasteiger partial charge in [-0.05, 0) is 45.6 Å². The molecule has 0 bridgehead atoms. The van der Waals surface area contributed by atoms with Crippen molar-refractivity contribution < 1.29 is 14.6 Å². The van der Waals surface area contributed by atoms with E-state index in [9.17, 15) is 9.90 Å². The molecule has 1 saturated heterocycles. The van der Waals surface area contributed by atoms with Crippen molar-refractivity contribution in [1.82, 2.24) is 24.5 Å². The van der Waals surface area contributed by atoms with Crippen LogP contribution in [-0.2, 0) is 16.0 Å². The zero-order valence-electron chi connectivity index (χ0n) is 15.5. The molecule has 2 aliphatic rings. The summed E-state index contributed by atoms with van der Waals surface area (Å²) < 4.78 is 7.48. The molecule has 3 heterocycles. The van der Waals surface area contributed by atoms with Gasteiger partial charge in [0.2, 0.25) is 5.91 Å². The van der Waals surface area contributed by atoms with Gasteiger partial charge in [-0.1, -0.05) is 0 Å². The lowest BCUT2D eigenvalue weighted by molar-refractivity contribution is -0.139. The number of aliphatic hydroxyl groups excluding tert-OH is 1. The summed E-state index contributed by atoms with van der Waals surface area (Å²) in [5.41, 5.74) is 1.49. The summed E-state index contributed by atoms with van der Waals surface area (Å²) in [7, 11) is 1.71. The second kappa shape index (κ2) is 6.28. The third-order valence-corrected chi connectivity index (χ3v) is 5.85. The first kappa shape index (κ1) is 17.4. The Morgan fingerprint density at radius 3 is 2.96 bits per heavy atom. The number of amides is 1. The molecule has 0 spiro atoms. The quantitative estimate of drug-likeness (QED) is 0.872. The number of aromatic nitrogens is 4. The van der Waals surface area contributed by atoms with Crippen LogP contribution in [0.5, 0.6) is 0 Å². The highest BCUT2D eigenvalue weighted by atomic mass is 16.5. The van der Waals surface area contributed by atoms with Crippen molar-refractivity contribution in [3.8, 4) is 0 Å². The van der Waals surface area contributed by atoms with E-state index in [4.69, 9.17) is 4.74 Å². The van der Waals surface area contributed by atoms with Crippen molar-refractivity contribution in [2.24, 2.45) is 0 Å². The standard InChI is InChI=1S/C18H25N5O3/c1-11-8-12(2)23-17(19-11)20-15(21-23)10-16(25)22-7-6-18(26-3)5-4-13(24)9-14(18)22/h8,13-14,24H,4-7,9-10H2,1-3H3/t13-,14+,18-/m1/s1. The number of carbonyl (C=O) groups is 1. The monoisotopic (exact) mass is 359 g/mol. The van der Waals surface area contributed by atoms with Crippen molar-refractivity contribution in [2.75, 3.05) is 13.7 Å². The summed E-state index contributed by atoms with van der Waals surface area (Å²) in [6.45, 7) is 4.50. The topological polar surface area (TPSA) is 92.9 Å². The van der Waals surface area contributed by atoms with E-state index in [0.717, 1.165) is 30.7 Å². The molecule has 3 atom stereocenters. The van der Waals surface area contributed by atoms with E-state index < -0.39 is 0 Å². The maximum absolute atomic E-state index is 12.9. The Morgan fingerprint density at radius 1 is 1.38 bits per heavy atom. The zero-order chi connectivity index (χ0) is 18.5. The van der Waals surface area contributed by atoms with Crippen molar-refractivity contribution in [3.05, 3.63) is 23.3 Å².